The maximum atomic E-state index is 4.90. The Hall–Kier alpha value is -0.0800. The Kier molecular flexibility index (Phi) is 5.85. The molecule has 7 heavy (non-hydrogen) atoms. The summed E-state index contributed by atoms with van der Waals surface area (Å²) in [6.45, 7) is 5.75. The van der Waals surface area contributed by atoms with E-state index in [4.69, 9.17) is 4.74 Å². The van der Waals surface area contributed by atoms with Crippen LogP contribution in [0.25, 0.3) is 0 Å². The van der Waals surface area contributed by atoms with E-state index in [1.54, 1.807) is 0 Å². The van der Waals surface area contributed by atoms with Crippen molar-refractivity contribution in [3.63, 3.8) is 0 Å². The third kappa shape index (κ3) is 5.92. The van der Waals surface area contributed by atoms with Crippen molar-refractivity contribution in [2.24, 2.45) is 0 Å². The second-order valence-electron chi connectivity index (χ2n) is 1.22. The van der Waals surface area contributed by atoms with Gasteiger partial charge in [0.05, 0.1) is 6.61 Å². The summed E-state index contributed by atoms with van der Waals surface area (Å²) in [4.78, 5) is 0. The molecule has 0 rings (SSSR count). The topological polar surface area (TPSA) is 21.3 Å². The molecule has 0 saturated carbocycles. The Morgan fingerprint density at radius 3 is 2.86 bits per heavy atom. The van der Waals surface area contributed by atoms with Crippen LogP contribution in [0.2, 0.25) is 0 Å². The first-order chi connectivity index (χ1) is 3.41. The van der Waals surface area contributed by atoms with Crippen molar-refractivity contribution >= 4 is 0 Å². The zero-order chi connectivity index (χ0) is 5.54. The van der Waals surface area contributed by atoms with Gasteiger partial charge in [-0.2, -0.15) is 0 Å². The molecule has 2 nitrogen and oxygen atoms in total. The molecule has 43 valence electrons. The highest BCUT2D eigenvalue weighted by Crippen LogP contribution is 1.66. The van der Waals surface area contributed by atoms with E-state index in [9.17, 15) is 0 Å². The molecule has 0 unspecified atom stereocenters. The minimum Gasteiger partial charge on any atom is -0.380 e. The van der Waals surface area contributed by atoms with Gasteiger partial charge in [0.25, 0.3) is 0 Å². The molecule has 0 saturated heterocycles. The van der Waals surface area contributed by atoms with Crippen LogP contribution in [-0.4, -0.2) is 26.8 Å². The van der Waals surface area contributed by atoms with Gasteiger partial charge >= 0.3 is 0 Å². The van der Waals surface area contributed by atoms with Gasteiger partial charge in [-0.25, -0.2) is 0 Å². The fourth-order valence-electron chi connectivity index (χ4n) is 0.276. The fourth-order valence-corrected chi connectivity index (χ4v) is 0.276. The smallest absolute Gasteiger partial charge is 0.0590 e. The Morgan fingerprint density at radius 2 is 2.43 bits per heavy atom. The molecule has 0 bridgehead atoms. The number of ether oxygens (including phenoxy) is 1. The van der Waals surface area contributed by atoms with Crippen LogP contribution < -0.4 is 5.32 Å². The van der Waals surface area contributed by atoms with Gasteiger partial charge in [-0.1, -0.05) is 0 Å². The highest BCUT2D eigenvalue weighted by Gasteiger charge is 1.77. The summed E-state index contributed by atoms with van der Waals surface area (Å²) in [5.74, 6) is 0. The predicted molar refractivity (Wildman–Crippen MR) is 30.1 cm³/mol. The molecule has 0 aliphatic carbocycles. The summed E-state index contributed by atoms with van der Waals surface area (Å²) >= 11 is 0. The summed E-state index contributed by atoms with van der Waals surface area (Å²) < 4.78 is 4.90. The van der Waals surface area contributed by atoms with Crippen molar-refractivity contribution in [1.29, 1.82) is 0 Å². The average Bonchev–Trinajstić information content (AvgIpc) is 1.69. The number of likely N-dealkylation sites (N-methyl/N-ethyl adjacent to an activating group) is 1. The normalized spacial score (nSPS) is 9.43. The monoisotopic (exact) mass is 102 g/mol. The lowest BCUT2D eigenvalue weighted by Crippen LogP contribution is -2.13. The van der Waals surface area contributed by atoms with Crippen LogP contribution in [0.15, 0.2) is 0 Å². The molecule has 0 aromatic heterocycles. The largest absolute Gasteiger partial charge is 0.380 e. The van der Waals surface area contributed by atoms with Gasteiger partial charge in [-0.05, 0) is 14.0 Å². The van der Waals surface area contributed by atoms with Gasteiger partial charge in [0.1, 0.15) is 0 Å². The summed E-state index contributed by atoms with van der Waals surface area (Å²) in [6, 6.07) is 0. The van der Waals surface area contributed by atoms with Crippen LogP contribution in [0.3, 0.4) is 0 Å². The van der Waals surface area contributed by atoms with E-state index in [0.29, 0.717) is 6.61 Å². The zero-order valence-electron chi connectivity index (χ0n) is 4.74. The zero-order valence-corrected chi connectivity index (χ0v) is 4.74. The van der Waals surface area contributed by atoms with Crippen molar-refractivity contribution in [3.05, 3.63) is 6.92 Å². The Morgan fingerprint density at radius 1 is 1.71 bits per heavy atom. The average molecular weight is 102 g/mol. The van der Waals surface area contributed by atoms with Crippen molar-refractivity contribution in [1.82, 2.24) is 5.32 Å². The third-order valence-corrected chi connectivity index (χ3v) is 0.641. The van der Waals surface area contributed by atoms with E-state index in [1.807, 2.05) is 7.05 Å². The number of rotatable bonds is 4. The van der Waals surface area contributed by atoms with Crippen LogP contribution in [0, 0.1) is 6.92 Å². The van der Waals surface area contributed by atoms with Crippen molar-refractivity contribution in [3.8, 4) is 0 Å². The highest BCUT2D eigenvalue weighted by atomic mass is 16.5. The first-order valence-corrected chi connectivity index (χ1v) is 2.43. The second kappa shape index (κ2) is 5.92. The molecule has 0 fully saturated rings. The van der Waals surface area contributed by atoms with Gasteiger partial charge in [0, 0.05) is 13.2 Å². The summed E-state index contributed by atoms with van der Waals surface area (Å²) in [6.07, 6.45) is 0. The van der Waals surface area contributed by atoms with E-state index >= 15 is 0 Å². The lowest BCUT2D eigenvalue weighted by molar-refractivity contribution is 0.164. The lowest BCUT2D eigenvalue weighted by Gasteiger charge is -1.96. The maximum absolute atomic E-state index is 4.90. The molecule has 1 N–H and O–H groups in total. The van der Waals surface area contributed by atoms with Crippen molar-refractivity contribution in [2.75, 3.05) is 26.8 Å². The van der Waals surface area contributed by atoms with Gasteiger partial charge in [-0.3, -0.25) is 0 Å². The molecule has 0 aliphatic heterocycles. The molecule has 0 atom stereocenters. The van der Waals surface area contributed by atoms with Crippen LogP contribution in [0.1, 0.15) is 0 Å². The molecule has 0 aromatic carbocycles. The minimum atomic E-state index is 0.571. The number of hydrogen-bond acceptors (Lipinski definition) is 2. The summed E-state index contributed by atoms with van der Waals surface area (Å²) in [5, 5.41) is 2.95. The van der Waals surface area contributed by atoms with Crippen LogP contribution in [0.4, 0.5) is 0 Å². The predicted octanol–water partition coefficient (Wildman–Crippen LogP) is 0.0565. The van der Waals surface area contributed by atoms with E-state index in [1.165, 1.54) is 0 Å². The van der Waals surface area contributed by atoms with Crippen molar-refractivity contribution in [2.45, 2.75) is 0 Å². The van der Waals surface area contributed by atoms with E-state index < -0.39 is 0 Å². The molecule has 2 heteroatoms. The first-order valence-electron chi connectivity index (χ1n) is 2.43. The maximum Gasteiger partial charge on any atom is 0.0590 e. The Bertz CT molecular complexity index is 27.3. The van der Waals surface area contributed by atoms with Crippen LogP contribution in [0.5, 0.6) is 0 Å². The number of hydrogen-bond donors (Lipinski definition) is 1. The molecular weight excluding hydrogens is 90.1 g/mol. The van der Waals surface area contributed by atoms with E-state index in [0.717, 1.165) is 13.2 Å². The summed E-state index contributed by atoms with van der Waals surface area (Å²) in [5.41, 5.74) is 0. The highest BCUT2D eigenvalue weighted by molar-refractivity contribution is 4.35. The SMILES string of the molecule is [CH2]COCCNC. The first kappa shape index (κ1) is 6.92. The number of nitrogens with one attached hydrogen (secondary N) is 1. The summed E-state index contributed by atoms with van der Waals surface area (Å²) in [7, 11) is 1.90. The second-order valence-corrected chi connectivity index (χ2v) is 1.22. The molecule has 1 radical (unpaired) electrons. The van der Waals surface area contributed by atoms with Gasteiger partial charge in [0.15, 0.2) is 0 Å². The molecular formula is C5H12NO. The standard InChI is InChI=1S/C5H12NO/c1-3-7-5-4-6-2/h6H,1,3-5H2,2H3. The van der Waals surface area contributed by atoms with E-state index in [-0.39, 0.29) is 0 Å². The third-order valence-electron chi connectivity index (χ3n) is 0.641. The molecule has 0 amide bonds. The lowest BCUT2D eigenvalue weighted by atomic mass is 10.7. The molecule has 0 aromatic rings. The molecule has 0 spiro atoms. The quantitative estimate of drug-likeness (QED) is 0.507. The fraction of sp³-hybridized carbons (Fsp3) is 0.800. The van der Waals surface area contributed by atoms with Gasteiger partial charge < -0.3 is 10.1 Å². The van der Waals surface area contributed by atoms with Gasteiger partial charge in [0.2, 0.25) is 0 Å². The van der Waals surface area contributed by atoms with Crippen LogP contribution in [-0.2, 0) is 4.74 Å². The van der Waals surface area contributed by atoms with Crippen molar-refractivity contribution < 1.29 is 4.74 Å². The molecule has 0 heterocycles. The van der Waals surface area contributed by atoms with Crippen LogP contribution >= 0.6 is 0 Å². The van der Waals surface area contributed by atoms with Gasteiger partial charge in [-0.15, -0.1) is 0 Å². The molecule has 0 aliphatic rings. The Labute approximate surface area is 44.9 Å². The Balaban J connectivity index is 2.45. The van der Waals surface area contributed by atoms with E-state index in [2.05, 4.69) is 12.2 Å². The minimum absolute atomic E-state index is 0.571.